The molecule has 0 aliphatic carbocycles. The molecule has 1 heterocycles. The van der Waals surface area contributed by atoms with Crippen LogP contribution in [0.4, 0.5) is 0 Å². The van der Waals surface area contributed by atoms with Crippen molar-refractivity contribution in [2.24, 2.45) is 4.99 Å². The molecule has 1 aromatic rings. The first kappa shape index (κ1) is 21.6. The second kappa shape index (κ2) is 13.1. The minimum Gasteiger partial charge on any atom is -0.357 e. The van der Waals surface area contributed by atoms with E-state index >= 15 is 0 Å². The standard InChI is InChI=1S/C16H27N5O.HI/c1-4-17-16(20-12-9-15(22)21-13(2)3)19-11-8-14-7-5-6-10-18-14;/h5-7,10,13H,4,8-9,11-12H2,1-3H3,(H,21,22)(H2,17,19,20);1H. The van der Waals surface area contributed by atoms with E-state index in [0.29, 0.717) is 13.0 Å². The van der Waals surface area contributed by atoms with E-state index < -0.39 is 0 Å². The molecule has 23 heavy (non-hydrogen) atoms. The van der Waals surface area contributed by atoms with Gasteiger partial charge in [0.2, 0.25) is 5.91 Å². The molecule has 0 radical (unpaired) electrons. The van der Waals surface area contributed by atoms with E-state index in [1.807, 2.05) is 39.0 Å². The lowest BCUT2D eigenvalue weighted by molar-refractivity contribution is -0.121. The third-order valence-electron chi connectivity index (χ3n) is 2.80. The van der Waals surface area contributed by atoms with E-state index in [9.17, 15) is 4.79 Å². The number of rotatable bonds is 8. The molecule has 130 valence electrons. The minimum atomic E-state index is 0. The highest BCUT2D eigenvalue weighted by Gasteiger charge is 2.03. The lowest BCUT2D eigenvalue weighted by Crippen LogP contribution is -2.38. The first-order chi connectivity index (χ1) is 10.6. The van der Waals surface area contributed by atoms with Crippen LogP contribution in [0.3, 0.4) is 0 Å². The number of aliphatic imine (C=N–C) groups is 1. The van der Waals surface area contributed by atoms with E-state index in [1.54, 1.807) is 6.20 Å². The molecule has 1 aromatic heterocycles. The van der Waals surface area contributed by atoms with Crippen LogP contribution in [0.15, 0.2) is 29.4 Å². The molecule has 0 fully saturated rings. The fourth-order valence-electron chi connectivity index (χ4n) is 1.86. The highest BCUT2D eigenvalue weighted by molar-refractivity contribution is 14.0. The summed E-state index contributed by atoms with van der Waals surface area (Å²) in [5, 5.41) is 9.28. The summed E-state index contributed by atoms with van der Waals surface area (Å²) in [6.07, 6.45) is 3.02. The molecule has 0 bridgehead atoms. The Morgan fingerprint density at radius 3 is 2.70 bits per heavy atom. The van der Waals surface area contributed by atoms with Gasteiger partial charge in [0.15, 0.2) is 5.96 Å². The number of aromatic nitrogens is 1. The lowest BCUT2D eigenvalue weighted by Gasteiger charge is -2.11. The Morgan fingerprint density at radius 2 is 2.09 bits per heavy atom. The minimum absolute atomic E-state index is 0. The molecule has 3 N–H and O–H groups in total. The van der Waals surface area contributed by atoms with Gasteiger partial charge in [-0.3, -0.25) is 14.8 Å². The van der Waals surface area contributed by atoms with Gasteiger partial charge in [-0.15, -0.1) is 24.0 Å². The molecular weight excluding hydrogens is 405 g/mol. The highest BCUT2D eigenvalue weighted by atomic mass is 127. The molecule has 6 nitrogen and oxygen atoms in total. The summed E-state index contributed by atoms with van der Waals surface area (Å²) in [5.41, 5.74) is 1.04. The Labute approximate surface area is 156 Å². The van der Waals surface area contributed by atoms with E-state index in [1.165, 1.54) is 0 Å². The fraction of sp³-hybridized carbons (Fsp3) is 0.562. The maximum atomic E-state index is 11.6. The van der Waals surface area contributed by atoms with Gasteiger partial charge in [0, 0.05) is 43.9 Å². The molecule has 0 aliphatic heterocycles. The molecule has 0 saturated carbocycles. The monoisotopic (exact) mass is 433 g/mol. The number of hydrogen-bond donors (Lipinski definition) is 3. The lowest BCUT2D eigenvalue weighted by atomic mass is 10.3. The molecular formula is C16H28IN5O. The van der Waals surface area contributed by atoms with E-state index in [2.05, 4.69) is 25.9 Å². The summed E-state index contributed by atoms with van der Waals surface area (Å²) < 4.78 is 0. The number of pyridine rings is 1. The molecule has 0 atom stereocenters. The number of hydrogen-bond acceptors (Lipinski definition) is 3. The van der Waals surface area contributed by atoms with Crippen LogP contribution in [0, 0.1) is 0 Å². The summed E-state index contributed by atoms with van der Waals surface area (Å²) in [7, 11) is 0. The van der Waals surface area contributed by atoms with Crippen molar-refractivity contribution in [2.45, 2.75) is 39.7 Å². The Balaban J connectivity index is 0.00000484. The molecule has 0 unspecified atom stereocenters. The number of amides is 1. The van der Waals surface area contributed by atoms with Crippen molar-refractivity contribution in [1.29, 1.82) is 0 Å². The molecule has 0 spiro atoms. The van der Waals surface area contributed by atoms with Crippen LogP contribution >= 0.6 is 24.0 Å². The second-order valence-electron chi connectivity index (χ2n) is 5.23. The van der Waals surface area contributed by atoms with Crippen LogP contribution in [-0.2, 0) is 11.2 Å². The van der Waals surface area contributed by atoms with Crippen LogP contribution in [0.2, 0.25) is 0 Å². The number of nitrogens with one attached hydrogen (secondary N) is 3. The number of nitrogens with zero attached hydrogens (tertiary/aromatic N) is 2. The smallest absolute Gasteiger partial charge is 0.222 e. The molecule has 7 heteroatoms. The van der Waals surface area contributed by atoms with Crippen molar-refractivity contribution in [3.63, 3.8) is 0 Å². The number of carbonyl (C=O) groups is 1. The van der Waals surface area contributed by atoms with Crippen LogP contribution in [0.25, 0.3) is 0 Å². The number of carbonyl (C=O) groups excluding carboxylic acids is 1. The van der Waals surface area contributed by atoms with Gasteiger partial charge in [-0.25, -0.2) is 0 Å². The molecule has 1 amide bonds. The van der Waals surface area contributed by atoms with Gasteiger partial charge in [0.25, 0.3) is 0 Å². The summed E-state index contributed by atoms with van der Waals surface area (Å²) in [6.45, 7) is 7.92. The molecule has 1 rings (SSSR count). The van der Waals surface area contributed by atoms with Crippen molar-refractivity contribution < 1.29 is 4.79 Å². The van der Waals surface area contributed by atoms with Crippen molar-refractivity contribution in [2.75, 3.05) is 19.6 Å². The maximum Gasteiger partial charge on any atom is 0.222 e. The van der Waals surface area contributed by atoms with E-state index in [0.717, 1.165) is 31.2 Å². The predicted molar refractivity (Wildman–Crippen MR) is 105 cm³/mol. The van der Waals surface area contributed by atoms with Gasteiger partial charge in [-0.05, 0) is 32.9 Å². The average molecular weight is 433 g/mol. The summed E-state index contributed by atoms with van der Waals surface area (Å²) in [4.78, 5) is 20.2. The third kappa shape index (κ3) is 10.9. The van der Waals surface area contributed by atoms with Crippen molar-refractivity contribution >= 4 is 35.8 Å². The fourth-order valence-corrected chi connectivity index (χ4v) is 1.86. The molecule has 0 saturated heterocycles. The first-order valence-corrected chi connectivity index (χ1v) is 7.83. The van der Waals surface area contributed by atoms with Crippen LogP contribution in [0.5, 0.6) is 0 Å². The molecule has 0 aromatic carbocycles. The highest BCUT2D eigenvalue weighted by Crippen LogP contribution is 1.93. The van der Waals surface area contributed by atoms with Crippen molar-refractivity contribution in [3.05, 3.63) is 30.1 Å². The third-order valence-corrected chi connectivity index (χ3v) is 2.80. The maximum absolute atomic E-state index is 11.6. The SMILES string of the molecule is CCNC(=NCCC(=O)NC(C)C)NCCc1ccccn1.I. The first-order valence-electron chi connectivity index (χ1n) is 7.83. The zero-order valence-corrected chi connectivity index (χ0v) is 16.5. The summed E-state index contributed by atoms with van der Waals surface area (Å²) >= 11 is 0. The van der Waals surface area contributed by atoms with E-state index in [-0.39, 0.29) is 35.9 Å². The predicted octanol–water partition coefficient (Wildman–Crippen LogP) is 1.71. The topological polar surface area (TPSA) is 78.4 Å². The number of guanidine groups is 1. The van der Waals surface area contributed by atoms with Gasteiger partial charge in [0.05, 0.1) is 6.54 Å². The Bertz CT molecular complexity index is 465. The largest absolute Gasteiger partial charge is 0.357 e. The second-order valence-corrected chi connectivity index (χ2v) is 5.23. The quantitative estimate of drug-likeness (QED) is 0.332. The molecule has 0 aliphatic rings. The van der Waals surface area contributed by atoms with Crippen molar-refractivity contribution in [3.8, 4) is 0 Å². The zero-order chi connectivity index (χ0) is 16.2. The van der Waals surface area contributed by atoms with Gasteiger partial charge in [0.1, 0.15) is 0 Å². The van der Waals surface area contributed by atoms with Crippen LogP contribution in [-0.4, -0.2) is 42.5 Å². The summed E-state index contributed by atoms with van der Waals surface area (Å²) in [6, 6.07) is 6.06. The zero-order valence-electron chi connectivity index (χ0n) is 14.1. The normalized spacial score (nSPS) is 10.9. The van der Waals surface area contributed by atoms with Gasteiger partial charge in [-0.2, -0.15) is 0 Å². The number of halogens is 1. The van der Waals surface area contributed by atoms with Crippen molar-refractivity contribution in [1.82, 2.24) is 20.9 Å². The Hall–Kier alpha value is -1.38. The Kier molecular flexibility index (Phi) is 12.3. The average Bonchev–Trinajstić information content (AvgIpc) is 2.47. The van der Waals surface area contributed by atoms with Crippen LogP contribution < -0.4 is 16.0 Å². The van der Waals surface area contributed by atoms with Gasteiger partial charge >= 0.3 is 0 Å². The van der Waals surface area contributed by atoms with Crippen LogP contribution in [0.1, 0.15) is 32.9 Å². The van der Waals surface area contributed by atoms with E-state index in [4.69, 9.17) is 0 Å². The van der Waals surface area contributed by atoms with Gasteiger partial charge in [-0.1, -0.05) is 6.07 Å². The van der Waals surface area contributed by atoms with Gasteiger partial charge < -0.3 is 16.0 Å². The summed E-state index contributed by atoms with van der Waals surface area (Å²) in [5.74, 6) is 0.763. The Morgan fingerprint density at radius 1 is 1.30 bits per heavy atom.